The van der Waals surface area contributed by atoms with Crippen LogP contribution in [0.5, 0.6) is 17.2 Å². The van der Waals surface area contributed by atoms with E-state index in [1.807, 2.05) is 18.2 Å². The summed E-state index contributed by atoms with van der Waals surface area (Å²) >= 11 is 1.79. The van der Waals surface area contributed by atoms with Crippen LogP contribution < -0.4 is 42.4 Å². The first-order valence-electron chi connectivity index (χ1n) is 13.7. The predicted molar refractivity (Wildman–Crippen MR) is 167 cm³/mol. The summed E-state index contributed by atoms with van der Waals surface area (Å²) in [4.78, 5) is 1.22. The van der Waals surface area contributed by atoms with Crippen LogP contribution in [0.25, 0.3) is 0 Å². The predicted octanol–water partition coefficient (Wildman–Crippen LogP) is 4.59. The van der Waals surface area contributed by atoms with E-state index >= 15 is 0 Å². The van der Waals surface area contributed by atoms with Gasteiger partial charge < -0.3 is 37.9 Å². The highest BCUT2D eigenvalue weighted by atomic mass is 127. The summed E-state index contributed by atoms with van der Waals surface area (Å²) in [7, 11) is 5.73. The van der Waals surface area contributed by atoms with E-state index in [1.54, 1.807) is 26.0 Å². The average Bonchev–Trinajstić information content (AvgIpc) is 3.13. The molecule has 41 heavy (non-hydrogen) atoms. The molecular weight excluding hydrogens is 659 g/mol. The summed E-state index contributed by atoms with van der Waals surface area (Å²) in [6.45, 7) is 11.3. The van der Waals surface area contributed by atoms with E-state index in [4.69, 9.17) is 13.9 Å². The molecule has 0 bridgehead atoms. The molecule has 3 aromatic carbocycles. The van der Waals surface area contributed by atoms with Crippen molar-refractivity contribution < 1.29 is 42.4 Å². The third kappa shape index (κ3) is 7.70. The van der Waals surface area contributed by atoms with Crippen LogP contribution in [0.15, 0.2) is 82.8 Å². The maximum atomic E-state index is 6.74. The van der Waals surface area contributed by atoms with Gasteiger partial charge in [-0.05, 0) is 77.4 Å². The van der Waals surface area contributed by atoms with Gasteiger partial charge in [-0.2, -0.15) is 0 Å². The van der Waals surface area contributed by atoms with Crippen molar-refractivity contribution in [3.05, 3.63) is 95.3 Å². The summed E-state index contributed by atoms with van der Waals surface area (Å²) < 4.78 is 22.5. The van der Waals surface area contributed by atoms with Crippen LogP contribution in [0.2, 0.25) is 18.1 Å². The minimum atomic E-state index is -2.04. The molecule has 4 rings (SSSR count). The molecule has 0 aliphatic heterocycles. The quantitative estimate of drug-likeness (QED) is 0.138. The van der Waals surface area contributed by atoms with Gasteiger partial charge >= 0.3 is 5.16 Å². The van der Waals surface area contributed by atoms with Gasteiger partial charge in [-0.1, -0.05) is 57.2 Å². The zero-order valence-electron chi connectivity index (χ0n) is 25.7. The first kappa shape index (κ1) is 33.1. The second-order valence-electron chi connectivity index (χ2n) is 11.8. The van der Waals surface area contributed by atoms with Crippen molar-refractivity contribution in [1.29, 1.82) is 0 Å². The topological polar surface area (TPSA) is 36.5 Å². The van der Waals surface area contributed by atoms with Gasteiger partial charge in [0.25, 0.3) is 8.32 Å². The fourth-order valence-electron chi connectivity index (χ4n) is 4.48. The summed E-state index contributed by atoms with van der Waals surface area (Å²) in [5, 5.41) is 1.28. The molecule has 4 aromatic rings. The van der Waals surface area contributed by atoms with E-state index in [-0.39, 0.29) is 29.0 Å². The number of imidazole rings is 1. The number of aromatic nitrogens is 2. The van der Waals surface area contributed by atoms with Crippen molar-refractivity contribution >= 4 is 20.1 Å². The van der Waals surface area contributed by atoms with E-state index in [0.29, 0.717) is 0 Å². The van der Waals surface area contributed by atoms with E-state index in [9.17, 15) is 0 Å². The van der Waals surface area contributed by atoms with Gasteiger partial charge in [-0.25, -0.2) is 9.13 Å². The zero-order chi connectivity index (χ0) is 29.1. The Morgan fingerprint density at radius 1 is 0.829 bits per heavy atom. The van der Waals surface area contributed by atoms with E-state index < -0.39 is 8.32 Å². The minimum Gasteiger partial charge on any atom is -1.00 e. The van der Waals surface area contributed by atoms with Crippen molar-refractivity contribution in [1.82, 2.24) is 4.57 Å². The Morgan fingerprint density at radius 2 is 1.46 bits per heavy atom. The number of benzene rings is 3. The first-order chi connectivity index (χ1) is 18.9. The van der Waals surface area contributed by atoms with Gasteiger partial charge in [0.05, 0.1) is 28.3 Å². The lowest BCUT2D eigenvalue weighted by molar-refractivity contribution is -0.715. The molecule has 0 atom stereocenters. The molecule has 0 aliphatic rings. The van der Waals surface area contributed by atoms with Crippen molar-refractivity contribution in [2.24, 2.45) is 14.1 Å². The molecule has 0 amide bonds. The number of methoxy groups -OCH3 is 2. The summed E-state index contributed by atoms with van der Waals surface area (Å²) in [6, 6.07) is 25.3. The third-order valence-electron chi connectivity index (χ3n) is 7.97. The molecule has 0 fully saturated rings. The van der Waals surface area contributed by atoms with Crippen molar-refractivity contribution in [2.75, 3.05) is 14.2 Å². The second kappa shape index (κ2) is 13.7. The SMILES string of the molecule is COc1ccc(Cc2c(Cc3ccc(OC)c(O[Si](C)(C)C(C)(C)C)c3)n(C)c(Sc3ccccc3)[n+]2C)cc1.[I-]. The van der Waals surface area contributed by atoms with Crippen molar-refractivity contribution in [2.45, 2.75) is 61.8 Å². The Morgan fingerprint density at radius 3 is 2.05 bits per heavy atom. The Hall–Kier alpha value is -2.43. The van der Waals surface area contributed by atoms with Crippen LogP contribution in [0.4, 0.5) is 0 Å². The molecule has 8 heteroatoms. The van der Waals surface area contributed by atoms with E-state index in [2.05, 4.69) is 112 Å². The monoisotopic (exact) mass is 702 g/mol. The van der Waals surface area contributed by atoms with Gasteiger partial charge in [0.2, 0.25) is 0 Å². The Kier molecular flexibility index (Phi) is 11.0. The molecule has 0 radical (unpaired) electrons. The smallest absolute Gasteiger partial charge is 0.322 e. The van der Waals surface area contributed by atoms with Crippen LogP contribution in [0, 0.1) is 0 Å². The summed E-state index contributed by atoms with van der Waals surface area (Å²) in [6.07, 6.45) is 1.60. The van der Waals surface area contributed by atoms with Gasteiger partial charge in [0.1, 0.15) is 11.5 Å². The highest BCUT2D eigenvalue weighted by Crippen LogP contribution is 2.40. The van der Waals surface area contributed by atoms with E-state index in [0.717, 1.165) is 30.1 Å². The maximum absolute atomic E-state index is 6.74. The van der Waals surface area contributed by atoms with Crippen molar-refractivity contribution in [3.8, 4) is 17.2 Å². The number of hydrogen-bond donors (Lipinski definition) is 0. The van der Waals surface area contributed by atoms with Gasteiger partial charge in [-0.3, -0.25) is 0 Å². The van der Waals surface area contributed by atoms with E-state index in [1.165, 1.54) is 32.6 Å². The lowest BCUT2D eigenvalue weighted by atomic mass is 10.0. The molecule has 220 valence electrons. The summed E-state index contributed by atoms with van der Waals surface area (Å²) in [5.74, 6) is 2.49. The van der Waals surface area contributed by atoms with Gasteiger partial charge in [0.15, 0.2) is 17.1 Å². The molecular formula is C33H43IN2O3SSi. The van der Waals surface area contributed by atoms with Gasteiger partial charge in [0, 0.05) is 17.7 Å². The number of rotatable bonds is 10. The highest BCUT2D eigenvalue weighted by molar-refractivity contribution is 7.99. The maximum Gasteiger partial charge on any atom is 0.322 e. The molecule has 5 nitrogen and oxygen atoms in total. The van der Waals surface area contributed by atoms with Crippen LogP contribution in [0.1, 0.15) is 43.3 Å². The minimum absolute atomic E-state index is 0. The normalized spacial score (nSPS) is 11.6. The molecule has 0 saturated carbocycles. The standard InChI is InChI=1S/C33H43N2O3SSi.HI/c1-33(2,3)40(8,9)38-31-23-25(17-20-30(31)37-7)22-29-28(21-24-15-18-26(36-6)19-16-24)34(4)32(35(29)5)39-27-13-11-10-12-14-27;/h10-20,23H,21-22H2,1-9H3;1H/q+1;/p-1. The first-order valence-corrected chi connectivity index (χ1v) is 17.4. The fourth-order valence-corrected chi connectivity index (χ4v) is 6.50. The number of halogens is 1. The molecule has 0 unspecified atom stereocenters. The van der Waals surface area contributed by atoms with Crippen LogP contribution in [-0.2, 0) is 26.9 Å². The second-order valence-corrected chi connectivity index (χ2v) is 17.5. The molecule has 1 aromatic heterocycles. The number of nitrogens with zero attached hydrogens (tertiary/aromatic N) is 2. The van der Waals surface area contributed by atoms with Crippen LogP contribution >= 0.6 is 11.8 Å². The third-order valence-corrected chi connectivity index (χ3v) is 13.6. The average molecular weight is 703 g/mol. The summed E-state index contributed by atoms with van der Waals surface area (Å²) in [5.41, 5.74) is 5.01. The van der Waals surface area contributed by atoms with Crippen LogP contribution in [-0.4, -0.2) is 27.1 Å². The Bertz CT molecular complexity index is 1450. The molecule has 0 saturated heterocycles. The Labute approximate surface area is 268 Å². The molecule has 0 spiro atoms. The van der Waals surface area contributed by atoms with Crippen molar-refractivity contribution in [3.63, 3.8) is 0 Å². The largest absolute Gasteiger partial charge is 1.00 e. The Balaban J connectivity index is 0.00000462. The zero-order valence-corrected chi connectivity index (χ0v) is 29.7. The van der Waals surface area contributed by atoms with Crippen LogP contribution in [0.3, 0.4) is 0 Å². The fraction of sp³-hybridized carbons (Fsp3) is 0.364. The molecule has 0 N–H and O–H groups in total. The number of hydrogen-bond acceptors (Lipinski definition) is 4. The lowest BCUT2D eigenvalue weighted by Crippen LogP contribution is -3.00. The highest BCUT2D eigenvalue weighted by Gasteiger charge is 2.39. The van der Waals surface area contributed by atoms with Gasteiger partial charge in [-0.15, -0.1) is 0 Å². The lowest BCUT2D eigenvalue weighted by Gasteiger charge is -2.36. The number of ether oxygens (including phenoxy) is 2. The molecule has 0 aliphatic carbocycles. The molecule has 1 heterocycles.